The lowest BCUT2D eigenvalue weighted by Gasteiger charge is -2.21. The van der Waals surface area contributed by atoms with Crippen LogP contribution in [0.4, 0.5) is 0 Å². The second-order valence-corrected chi connectivity index (χ2v) is 10.4. The molecule has 0 radical (unpaired) electrons. The average Bonchev–Trinajstić information content (AvgIpc) is 3.26. The minimum absolute atomic E-state index is 0.225. The van der Waals surface area contributed by atoms with Gasteiger partial charge in [0.25, 0.3) is 0 Å². The van der Waals surface area contributed by atoms with Crippen LogP contribution in [0.2, 0.25) is 0 Å². The number of H-pyrrole nitrogens is 1. The Bertz CT molecular complexity index is 1000. The van der Waals surface area contributed by atoms with Crippen molar-refractivity contribution in [3.8, 4) is 11.1 Å². The van der Waals surface area contributed by atoms with E-state index in [1.54, 1.807) is 11.3 Å². The third-order valence-electron chi connectivity index (χ3n) is 5.28. The lowest BCUT2D eigenvalue weighted by atomic mass is 9.92. The fourth-order valence-electron chi connectivity index (χ4n) is 3.78. The molecule has 0 amide bonds. The maximum atomic E-state index is 11.7. The molecule has 0 aliphatic carbocycles. The van der Waals surface area contributed by atoms with Gasteiger partial charge in [-0.15, -0.1) is 11.3 Å². The number of hydrogen-bond acceptors (Lipinski definition) is 4. The molecule has 1 fully saturated rings. The second-order valence-electron chi connectivity index (χ2n) is 7.06. The maximum absolute atomic E-state index is 11.7. The van der Waals surface area contributed by atoms with Crippen molar-refractivity contribution in [1.29, 1.82) is 0 Å². The Morgan fingerprint density at radius 3 is 2.73 bits per heavy atom. The monoisotopic (exact) mass is 389 g/mol. The molecule has 0 bridgehead atoms. The summed E-state index contributed by atoms with van der Waals surface area (Å²) in [5.74, 6) is 0.899. The number of aromatic nitrogens is 1. The zero-order valence-corrected chi connectivity index (χ0v) is 16.2. The van der Waals surface area contributed by atoms with E-state index in [0.29, 0.717) is 30.3 Å². The van der Waals surface area contributed by atoms with Crippen molar-refractivity contribution in [2.24, 2.45) is 0 Å². The summed E-state index contributed by atoms with van der Waals surface area (Å²) >= 11 is 1.74. The second kappa shape index (κ2) is 7.18. The van der Waals surface area contributed by atoms with Crippen LogP contribution in [0.15, 0.2) is 35.8 Å². The predicted octanol–water partition coefficient (Wildman–Crippen LogP) is 4.11. The van der Waals surface area contributed by atoms with Crippen molar-refractivity contribution >= 4 is 32.1 Å². The Morgan fingerprint density at radius 1 is 1.15 bits per heavy atom. The molecule has 0 unspecified atom stereocenters. The first-order valence-corrected chi connectivity index (χ1v) is 11.8. The van der Waals surface area contributed by atoms with Gasteiger partial charge in [0.1, 0.15) is 9.84 Å². The van der Waals surface area contributed by atoms with Gasteiger partial charge in [-0.1, -0.05) is 6.07 Å². The van der Waals surface area contributed by atoms with Gasteiger partial charge in [-0.25, -0.2) is 8.42 Å². The Morgan fingerprint density at radius 2 is 1.96 bits per heavy atom. The fourth-order valence-corrected chi connectivity index (χ4v) is 6.21. The number of aliphatic hydroxyl groups is 1. The number of thiophene rings is 1. The van der Waals surface area contributed by atoms with E-state index in [1.165, 1.54) is 27.0 Å². The van der Waals surface area contributed by atoms with Crippen LogP contribution in [-0.4, -0.2) is 36.6 Å². The number of nitrogens with one attached hydrogen (secondary N) is 1. The van der Waals surface area contributed by atoms with Crippen LogP contribution in [0.5, 0.6) is 0 Å². The molecule has 1 aliphatic rings. The van der Waals surface area contributed by atoms with Crippen molar-refractivity contribution in [2.45, 2.75) is 31.6 Å². The summed E-state index contributed by atoms with van der Waals surface area (Å²) in [6.45, 7) is 0.225. The molecule has 0 atom stereocenters. The van der Waals surface area contributed by atoms with Gasteiger partial charge < -0.3 is 10.1 Å². The number of aromatic amines is 1. The SMILES string of the molecule is O=S1(=O)CCC(c2c[nH]c3ccc(-c4csc(CCCO)c4)cc23)CC1. The largest absolute Gasteiger partial charge is 0.396 e. The van der Waals surface area contributed by atoms with Crippen molar-refractivity contribution in [2.75, 3.05) is 18.1 Å². The van der Waals surface area contributed by atoms with Crippen LogP contribution in [0, 0.1) is 0 Å². The topological polar surface area (TPSA) is 70.2 Å². The summed E-state index contributed by atoms with van der Waals surface area (Å²) in [6, 6.07) is 8.67. The predicted molar refractivity (Wildman–Crippen MR) is 108 cm³/mol. The van der Waals surface area contributed by atoms with Crippen molar-refractivity contribution in [3.05, 3.63) is 46.3 Å². The molecule has 4 rings (SSSR count). The lowest BCUT2D eigenvalue weighted by molar-refractivity contribution is 0.289. The Balaban J connectivity index is 1.63. The number of benzene rings is 1. The molecule has 1 aliphatic heterocycles. The smallest absolute Gasteiger partial charge is 0.150 e. The molecule has 2 N–H and O–H groups in total. The van der Waals surface area contributed by atoms with Crippen molar-refractivity contribution in [1.82, 2.24) is 4.98 Å². The molecule has 1 aromatic carbocycles. The Labute approximate surface area is 157 Å². The van der Waals surface area contributed by atoms with Crippen molar-refractivity contribution in [3.63, 3.8) is 0 Å². The molecule has 1 saturated heterocycles. The number of rotatable bonds is 5. The standard InChI is InChI=1S/C20H23NO3S2/c22-7-1-2-17-10-16(13-25-17)15-3-4-20-18(11-15)19(12-21-20)14-5-8-26(23,24)9-6-14/h3-4,10-14,21-22H,1-2,5-9H2. The number of fused-ring (bicyclic) bond motifs is 1. The summed E-state index contributed by atoms with van der Waals surface area (Å²) in [6.07, 6.45) is 5.19. The average molecular weight is 390 g/mol. The van der Waals surface area contributed by atoms with Crippen LogP contribution in [0.3, 0.4) is 0 Å². The highest BCUT2D eigenvalue weighted by molar-refractivity contribution is 7.91. The number of hydrogen-bond donors (Lipinski definition) is 2. The molecular formula is C20H23NO3S2. The minimum atomic E-state index is -2.84. The van der Waals surface area contributed by atoms with Crippen LogP contribution < -0.4 is 0 Å². The molecule has 2 aromatic heterocycles. The molecule has 6 heteroatoms. The normalized spacial score (nSPS) is 17.7. The fraction of sp³-hybridized carbons (Fsp3) is 0.400. The summed E-state index contributed by atoms with van der Waals surface area (Å²) in [4.78, 5) is 4.64. The highest BCUT2D eigenvalue weighted by Crippen LogP contribution is 2.36. The van der Waals surface area contributed by atoms with E-state index >= 15 is 0 Å². The minimum Gasteiger partial charge on any atom is -0.396 e. The third kappa shape index (κ3) is 3.59. The molecule has 26 heavy (non-hydrogen) atoms. The van der Waals surface area contributed by atoms with E-state index in [0.717, 1.165) is 18.4 Å². The first-order chi connectivity index (χ1) is 12.6. The van der Waals surface area contributed by atoms with E-state index in [9.17, 15) is 8.42 Å². The lowest BCUT2D eigenvalue weighted by Crippen LogP contribution is -2.21. The molecule has 3 heterocycles. The van der Waals surface area contributed by atoms with Gasteiger partial charge in [0, 0.05) is 28.6 Å². The first-order valence-electron chi connectivity index (χ1n) is 9.06. The summed E-state index contributed by atoms with van der Waals surface area (Å²) < 4.78 is 23.4. The van der Waals surface area contributed by atoms with E-state index in [4.69, 9.17) is 5.11 Å². The highest BCUT2D eigenvalue weighted by Gasteiger charge is 2.26. The van der Waals surface area contributed by atoms with Crippen LogP contribution in [0.1, 0.15) is 35.6 Å². The zero-order chi connectivity index (χ0) is 18.1. The van der Waals surface area contributed by atoms with Gasteiger partial charge in [0.05, 0.1) is 11.5 Å². The van der Waals surface area contributed by atoms with Gasteiger partial charge >= 0.3 is 0 Å². The quantitative estimate of drug-likeness (QED) is 0.690. The van der Waals surface area contributed by atoms with E-state index in [2.05, 4.69) is 40.8 Å². The molecule has 0 spiro atoms. The van der Waals surface area contributed by atoms with Crippen molar-refractivity contribution < 1.29 is 13.5 Å². The maximum Gasteiger partial charge on any atom is 0.150 e. The van der Waals surface area contributed by atoms with Gasteiger partial charge in [-0.3, -0.25) is 0 Å². The molecule has 0 saturated carbocycles. The van der Waals surface area contributed by atoms with Crippen LogP contribution in [-0.2, 0) is 16.3 Å². The molecule has 4 nitrogen and oxygen atoms in total. The van der Waals surface area contributed by atoms with E-state index < -0.39 is 9.84 Å². The van der Waals surface area contributed by atoms with Gasteiger partial charge in [0.15, 0.2) is 0 Å². The Kier molecular flexibility index (Phi) is 4.90. The van der Waals surface area contributed by atoms with Crippen LogP contribution in [0.25, 0.3) is 22.0 Å². The third-order valence-corrected chi connectivity index (χ3v) is 7.99. The number of aryl methyl sites for hydroxylation is 1. The Hall–Kier alpha value is -1.63. The van der Waals surface area contributed by atoms with E-state index in [-0.39, 0.29) is 6.61 Å². The highest BCUT2D eigenvalue weighted by atomic mass is 32.2. The first kappa shape index (κ1) is 17.8. The van der Waals surface area contributed by atoms with E-state index in [1.807, 2.05) is 0 Å². The number of aliphatic hydroxyl groups excluding tert-OH is 1. The summed E-state index contributed by atoms with van der Waals surface area (Å²) in [5.41, 5.74) is 4.75. The van der Waals surface area contributed by atoms with Crippen LogP contribution >= 0.6 is 11.3 Å². The van der Waals surface area contributed by atoms with Gasteiger partial charge in [-0.2, -0.15) is 0 Å². The molecular weight excluding hydrogens is 366 g/mol. The zero-order valence-electron chi connectivity index (χ0n) is 14.6. The van der Waals surface area contributed by atoms with Gasteiger partial charge in [-0.05, 0) is 71.9 Å². The number of sulfone groups is 1. The molecule has 3 aromatic rings. The molecule has 138 valence electrons. The van der Waals surface area contributed by atoms with Gasteiger partial charge in [0.2, 0.25) is 0 Å². The summed E-state index contributed by atoms with van der Waals surface area (Å²) in [5, 5.41) is 12.4. The summed E-state index contributed by atoms with van der Waals surface area (Å²) in [7, 11) is -2.84.